The molecule has 1 atom stereocenters. The number of amides is 1. The summed E-state index contributed by atoms with van der Waals surface area (Å²) < 4.78 is 13.2. The van der Waals surface area contributed by atoms with Gasteiger partial charge in [0, 0.05) is 12.0 Å². The molecular weight excluding hydrogens is 497 g/mol. The van der Waals surface area contributed by atoms with Crippen molar-refractivity contribution in [3.8, 4) is 0 Å². The van der Waals surface area contributed by atoms with Gasteiger partial charge in [-0.3, -0.25) is 14.5 Å². The minimum Gasteiger partial charge on any atom is -0.480 e. The van der Waals surface area contributed by atoms with E-state index < -0.39 is 23.7 Å². The highest BCUT2D eigenvalue weighted by molar-refractivity contribution is 8.26. The zero-order chi connectivity index (χ0) is 25.7. The summed E-state index contributed by atoms with van der Waals surface area (Å²) in [5.74, 6) is -2.21. The number of benzene rings is 3. The van der Waals surface area contributed by atoms with Crippen molar-refractivity contribution < 1.29 is 23.9 Å². The summed E-state index contributed by atoms with van der Waals surface area (Å²) in [4.78, 5) is 38.8. The van der Waals surface area contributed by atoms with E-state index in [1.165, 1.54) is 35.2 Å². The monoisotopic (exact) mass is 517 g/mol. The number of ketones is 1. The summed E-state index contributed by atoms with van der Waals surface area (Å²) in [6.45, 7) is 0. The van der Waals surface area contributed by atoms with Gasteiger partial charge in [-0.1, -0.05) is 84.7 Å². The van der Waals surface area contributed by atoms with Crippen molar-refractivity contribution >= 4 is 58.1 Å². The van der Waals surface area contributed by atoms with Gasteiger partial charge < -0.3 is 5.11 Å². The van der Waals surface area contributed by atoms with Gasteiger partial charge >= 0.3 is 5.97 Å². The molecule has 36 heavy (non-hydrogen) atoms. The summed E-state index contributed by atoms with van der Waals surface area (Å²) in [6.07, 6.45) is 4.87. The molecule has 1 aliphatic rings. The molecule has 1 N–H and O–H groups in total. The maximum atomic E-state index is 13.1. The van der Waals surface area contributed by atoms with Crippen molar-refractivity contribution in [2.45, 2.75) is 12.5 Å². The van der Waals surface area contributed by atoms with Crippen molar-refractivity contribution in [3.63, 3.8) is 0 Å². The highest BCUT2D eigenvalue weighted by Crippen LogP contribution is 2.34. The third kappa shape index (κ3) is 6.02. The van der Waals surface area contributed by atoms with Crippen LogP contribution in [-0.2, 0) is 16.0 Å². The molecule has 1 amide bonds. The fourth-order valence-corrected chi connectivity index (χ4v) is 4.97. The molecule has 0 radical (unpaired) electrons. The molecule has 4 rings (SSSR count). The summed E-state index contributed by atoms with van der Waals surface area (Å²) in [6, 6.07) is 20.5. The summed E-state index contributed by atoms with van der Waals surface area (Å²) in [7, 11) is 0. The predicted octanol–water partition coefficient (Wildman–Crippen LogP) is 5.62. The molecular formula is C28H20FNO4S2. The van der Waals surface area contributed by atoms with Crippen LogP contribution in [0.1, 0.15) is 27.0 Å². The molecule has 180 valence electrons. The zero-order valence-electron chi connectivity index (χ0n) is 18.8. The smallest absolute Gasteiger partial charge is 0.327 e. The first-order chi connectivity index (χ1) is 17.3. The van der Waals surface area contributed by atoms with Crippen LogP contribution in [-0.4, -0.2) is 38.0 Å². The van der Waals surface area contributed by atoms with Crippen LogP contribution in [0.5, 0.6) is 0 Å². The van der Waals surface area contributed by atoms with Crippen molar-refractivity contribution in [2.75, 3.05) is 0 Å². The van der Waals surface area contributed by atoms with E-state index in [4.69, 9.17) is 12.2 Å². The zero-order valence-corrected chi connectivity index (χ0v) is 20.5. The number of thiocarbonyl (C=S) groups is 1. The Morgan fingerprint density at radius 3 is 2.25 bits per heavy atom. The number of halogens is 1. The Morgan fingerprint density at radius 1 is 0.972 bits per heavy atom. The Morgan fingerprint density at radius 2 is 1.61 bits per heavy atom. The number of hydrogen-bond donors (Lipinski definition) is 1. The number of rotatable bonds is 8. The third-order valence-electron chi connectivity index (χ3n) is 5.48. The second-order valence-corrected chi connectivity index (χ2v) is 9.64. The number of allylic oxidation sites excluding steroid dienone is 1. The number of carboxylic acids is 1. The van der Waals surface area contributed by atoms with Crippen LogP contribution >= 0.6 is 24.0 Å². The molecule has 0 bridgehead atoms. The van der Waals surface area contributed by atoms with Gasteiger partial charge in [0.25, 0.3) is 5.91 Å². The minimum absolute atomic E-state index is 0.146. The van der Waals surface area contributed by atoms with Crippen LogP contribution < -0.4 is 0 Å². The summed E-state index contributed by atoms with van der Waals surface area (Å²) in [5.41, 5.74) is 2.68. The van der Waals surface area contributed by atoms with Gasteiger partial charge in [0.2, 0.25) is 0 Å². The maximum absolute atomic E-state index is 13.1. The predicted molar refractivity (Wildman–Crippen MR) is 143 cm³/mol. The van der Waals surface area contributed by atoms with Crippen LogP contribution in [0.25, 0.3) is 12.2 Å². The lowest BCUT2D eigenvalue weighted by Crippen LogP contribution is -2.45. The lowest BCUT2D eigenvalue weighted by Gasteiger charge is -2.23. The molecule has 0 saturated carbocycles. The molecule has 0 unspecified atom stereocenters. The Hall–Kier alpha value is -3.88. The van der Waals surface area contributed by atoms with Gasteiger partial charge in [0.1, 0.15) is 16.2 Å². The Kier molecular flexibility index (Phi) is 7.87. The van der Waals surface area contributed by atoms with Crippen molar-refractivity contribution in [3.05, 3.63) is 118 Å². The number of carboxylic acid groups (broad SMARTS) is 1. The van der Waals surface area contributed by atoms with Crippen LogP contribution in [0.15, 0.2) is 89.8 Å². The lowest BCUT2D eigenvalue weighted by atomic mass is 10.0. The number of aliphatic carboxylic acids is 1. The number of thioether (sulfide) groups is 1. The second kappa shape index (κ2) is 11.2. The van der Waals surface area contributed by atoms with E-state index in [2.05, 4.69) is 0 Å². The first-order valence-electron chi connectivity index (χ1n) is 10.9. The molecule has 3 aromatic carbocycles. The molecule has 1 heterocycles. The van der Waals surface area contributed by atoms with E-state index in [0.717, 1.165) is 28.5 Å². The standard InChI is InChI=1S/C28H20FNO4S2/c29-22-13-11-21(12-14-22)24(31)15-10-18-6-8-20(9-7-18)17-25-26(32)30(28(35)36-25)23(27(33)34)16-19-4-2-1-3-5-19/h1-15,17,23H,16H2,(H,33,34)/b15-10+,25-17-/t23-/m0/s1. The third-order valence-corrected chi connectivity index (χ3v) is 6.81. The second-order valence-electron chi connectivity index (χ2n) is 7.97. The van der Waals surface area contributed by atoms with E-state index in [9.17, 15) is 23.9 Å². The van der Waals surface area contributed by atoms with Gasteiger partial charge in [-0.25, -0.2) is 9.18 Å². The van der Waals surface area contributed by atoms with Crippen LogP contribution in [0, 0.1) is 5.82 Å². The molecule has 0 aliphatic carbocycles. The highest BCUT2D eigenvalue weighted by atomic mass is 32.2. The number of carbonyl (C=O) groups excluding carboxylic acids is 2. The van der Waals surface area contributed by atoms with E-state index in [1.807, 2.05) is 30.3 Å². The SMILES string of the molecule is O=C(/C=C/c1ccc(/C=C2\SC(=S)N([C@@H](Cc3ccccc3)C(=O)O)C2=O)cc1)c1ccc(F)cc1. The summed E-state index contributed by atoms with van der Waals surface area (Å²) in [5, 5.41) is 9.78. The van der Waals surface area contributed by atoms with Gasteiger partial charge in [0.05, 0.1) is 4.91 Å². The molecule has 1 saturated heterocycles. The minimum atomic E-state index is -1.12. The van der Waals surface area contributed by atoms with Gasteiger partial charge in [0.15, 0.2) is 5.78 Å². The van der Waals surface area contributed by atoms with E-state index in [-0.39, 0.29) is 16.5 Å². The molecule has 8 heteroatoms. The maximum Gasteiger partial charge on any atom is 0.327 e. The van der Waals surface area contributed by atoms with E-state index >= 15 is 0 Å². The van der Waals surface area contributed by atoms with Crippen LogP contribution in [0.4, 0.5) is 4.39 Å². The van der Waals surface area contributed by atoms with Crippen molar-refractivity contribution in [2.24, 2.45) is 0 Å². The lowest BCUT2D eigenvalue weighted by molar-refractivity contribution is -0.145. The molecule has 1 aliphatic heterocycles. The van der Waals surface area contributed by atoms with E-state index in [0.29, 0.717) is 10.5 Å². The van der Waals surface area contributed by atoms with Crippen LogP contribution in [0.3, 0.4) is 0 Å². The molecule has 5 nitrogen and oxygen atoms in total. The largest absolute Gasteiger partial charge is 0.480 e. The van der Waals surface area contributed by atoms with Gasteiger partial charge in [-0.15, -0.1) is 0 Å². The van der Waals surface area contributed by atoms with E-state index in [1.54, 1.807) is 36.4 Å². The molecule has 0 spiro atoms. The van der Waals surface area contributed by atoms with Crippen molar-refractivity contribution in [1.29, 1.82) is 0 Å². The number of carbonyl (C=O) groups is 3. The quantitative estimate of drug-likeness (QED) is 0.238. The topological polar surface area (TPSA) is 74.7 Å². The molecule has 1 fully saturated rings. The normalized spacial score (nSPS) is 15.6. The van der Waals surface area contributed by atoms with Gasteiger partial charge in [-0.2, -0.15) is 0 Å². The summed E-state index contributed by atoms with van der Waals surface area (Å²) >= 11 is 6.42. The average Bonchev–Trinajstić information content (AvgIpc) is 3.15. The van der Waals surface area contributed by atoms with Gasteiger partial charge in [-0.05, 0) is 53.1 Å². The first kappa shape index (κ1) is 25.2. The Bertz CT molecular complexity index is 1370. The van der Waals surface area contributed by atoms with Crippen LogP contribution in [0.2, 0.25) is 0 Å². The fourth-order valence-electron chi connectivity index (χ4n) is 3.61. The molecule has 3 aromatic rings. The Balaban J connectivity index is 1.46. The van der Waals surface area contributed by atoms with Crippen molar-refractivity contribution in [1.82, 2.24) is 4.90 Å². The first-order valence-corrected chi connectivity index (χ1v) is 12.2. The Labute approximate surface area is 216 Å². The fraction of sp³-hybridized carbons (Fsp3) is 0.0714. The number of hydrogen-bond acceptors (Lipinski definition) is 5. The highest BCUT2D eigenvalue weighted by Gasteiger charge is 2.40. The average molecular weight is 518 g/mol. The number of nitrogens with zero attached hydrogens (tertiary/aromatic N) is 1. The molecule has 0 aromatic heterocycles.